The van der Waals surface area contributed by atoms with Crippen LogP contribution in [-0.2, 0) is 9.47 Å². The average Bonchev–Trinajstić information content (AvgIpc) is 2.99. The Hall–Kier alpha value is -2.37. The smallest absolute Gasteiger partial charge is 0.407 e. The van der Waals surface area contributed by atoms with Crippen molar-refractivity contribution in [1.82, 2.24) is 5.32 Å². The van der Waals surface area contributed by atoms with Crippen LogP contribution in [0.15, 0.2) is 48.5 Å². The number of ether oxygens (including phenoxy) is 2. The molecule has 5 heteroatoms. The Labute approximate surface area is 166 Å². The van der Waals surface area contributed by atoms with Crippen molar-refractivity contribution in [2.75, 3.05) is 26.4 Å². The van der Waals surface area contributed by atoms with Gasteiger partial charge in [-0.15, -0.1) is 0 Å². The molecule has 2 aromatic carbocycles. The van der Waals surface area contributed by atoms with E-state index in [9.17, 15) is 9.90 Å². The fourth-order valence-electron chi connectivity index (χ4n) is 3.42. The third kappa shape index (κ3) is 4.91. The van der Waals surface area contributed by atoms with E-state index in [0.717, 1.165) is 0 Å². The summed E-state index contributed by atoms with van der Waals surface area (Å²) in [5, 5.41) is 12.2. The first-order valence-corrected chi connectivity index (χ1v) is 9.72. The van der Waals surface area contributed by atoms with Crippen molar-refractivity contribution in [1.29, 1.82) is 0 Å². The maximum atomic E-state index is 12.2. The first-order valence-electron chi connectivity index (χ1n) is 9.72. The fourth-order valence-corrected chi connectivity index (χ4v) is 3.42. The molecule has 2 N–H and O–H groups in total. The van der Waals surface area contributed by atoms with E-state index >= 15 is 0 Å². The van der Waals surface area contributed by atoms with E-state index in [2.05, 4.69) is 29.6 Å². The maximum Gasteiger partial charge on any atom is 0.407 e. The molecule has 5 nitrogen and oxygen atoms in total. The second kappa shape index (κ2) is 8.76. The molecule has 1 atom stereocenters. The summed E-state index contributed by atoms with van der Waals surface area (Å²) >= 11 is 0. The van der Waals surface area contributed by atoms with E-state index in [4.69, 9.17) is 9.47 Å². The Morgan fingerprint density at radius 3 is 2.18 bits per heavy atom. The van der Waals surface area contributed by atoms with Crippen LogP contribution in [0.25, 0.3) is 11.1 Å². The van der Waals surface area contributed by atoms with Crippen molar-refractivity contribution in [2.24, 2.45) is 5.92 Å². The molecule has 0 saturated heterocycles. The van der Waals surface area contributed by atoms with Crippen LogP contribution in [0.2, 0.25) is 0 Å². The van der Waals surface area contributed by atoms with E-state index in [1.807, 2.05) is 45.0 Å². The highest BCUT2D eigenvalue weighted by Crippen LogP contribution is 2.44. The molecule has 0 aliphatic heterocycles. The first-order chi connectivity index (χ1) is 13.4. The lowest BCUT2D eigenvalue weighted by Gasteiger charge is -2.23. The Morgan fingerprint density at radius 2 is 1.64 bits per heavy atom. The standard InChI is InChI=1S/C23H29NO4/c1-23(2,3)28-14-16(13-25)12-24-22(26)27-15-21-19-10-6-4-8-17(19)18-9-5-7-11-20(18)21/h4-11,16,21,25H,12-15H2,1-3H3,(H,24,26)/t16-/m1/s1. The van der Waals surface area contributed by atoms with Crippen LogP contribution in [0.3, 0.4) is 0 Å². The van der Waals surface area contributed by atoms with Crippen molar-refractivity contribution >= 4 is 6.09 Å². The third-order valence-electron chi connectivity index (χ3n) is 4.89. The number of benzene rings is 2. The first kappa shape index (κ1) is 20.4. The van der Waals surface area contributed by atoms with Crippen LogP contribution < -0.4 is 5.32 Å². The van der Waals surface area contributed by atoms with Gasteiger partial charge in [0.15, 0.2) is 0 Å². The summed E-state index contributed by atoms with van der Waals surface area (Å²) < 4.78 is 11.2. The Bertz CT molecular complexity index is 767. The van der Waals surface area contributed by atoms with Crippen molar-refractivity contribution in [3.05, 3.63) is 59.7 Å². The number of hydrogen-bond acceptors (Lipinski definition) is 4. The van der Waals surface area contributed by atoms with Crippen LogP contribution in [-0.4, -0.2) is 43.2 Å². The zero-order valence-corrected chi connectivity index (χ0v) is 16.8. The van der Waals surface area contributed by atoms with Crippen LogP contribution in [0, 0.1) is 5.92 Å². The number of carbonyl (C=O) groups is 1. The minimum absolute atomic E-state index is 0.0380. The highest BCUT2D eigenvalue weighted by Gasteiger charge is 2.29. The number of rotatable bonds is 7. The minimum Gasteiger partial charge on any atom is -0.449 e. The van der Waals surface area contributed by atoms with E-state index < -0.39 is 6.09 Å². The van der Waals surface area contributed by atoms with Crippen LogP contribution in [0.1, 0.15) is 37.8 Å². The van der Waals surface area contributed by atoms with Crippen molar-refractivity contribution in [3.63, 3.8) is 0 Å². The minimum atomic E-state index is -0.476. The Balaban J connectivity index is 1.55. The van der Waals surface area contributed by atoms with Crippen molar-refractivity contribution in [2.45, 2.75) is 32.3 Å². The second-order valence-corrected chi connectivity index (χ2v) is 8.18. The fraction of sp³-hybridized carbons (Fsp3) is 0.435. The molecule has 1 amide bonds. The molecule has 0 radical (unpaired) electrons. The molecule has 0 saturated carbocycles. The van der Waals surface area contributed by atoms with Gasteiger partial charge in [-0.3, -0.25) is 0 Å². The predicted octanol–water partition coefficient (Wildman–Crippen LogP) is 3.95. The molecular formula is C23H29NO4. The molecule has 150 valence electrons. The summed E-state index contributed by atoms with van der Waals surface area (Å²) in [5.41, 5.74) is 4.49. The summed E-state index contributed by atoms with van der Waals surface area (Å²) in [5.74, 6) is -0.129. The topological polar surface area (TPSA) is 67.8 Å². The lowest BCUT2D eigenvalue weighted by molar-refractivity contribution is -0.0303. The van der Waals surface area contributed by atoms with Gasteiger partial charge in [-0.05, 0) is 43.0 Å². The normalized spacial score (nSPS) is 14.3. The van der Waals surface area contributed by atoms with E-state index in [1.54, 1.807) is 0 Å². The molecule has 28 heavy (non-hydrogen) atoms. The summed E-state index contributed by atoms with van der Waals surface area (Å²) in [7, 11) is 0. The van der Waals surface area contributed by atoms with Gasteiger partial charge < -0.3 is 19.9 Å². The van der Waals surface area contributed by atoms with E-state index in [1.165, 1.54) is 22.3 Å². The van der Waals surface area contributed by atoms with Gasteiger partial charge in [0.25, 0.3) is 0 Å². The Kier molecular flexibility index (Phi) is 6.37. The van der Waals surface area contributed by atoms with Gasteiger partial charge in [-0.2, -0.15) is 0 Å². The molecule has 2 aromatic rings. The molecule has 0 spiro atoms. The van der Waals surface area contributed by atoms with Gasteiger partial charge in [-0.1, -0.05) is 48.5 Å². The number of alkyl carbamates (subject to hydrolysis) is 1. The second-order valence-electron chi connectivity index (χ2n) is 8.18. The number of amides is 1. The molecular weight excluding hydrogens is 354 g/mol. The summed E-state index contributed by atoms with van der Waals surface area (Å²) in [4.78, 5) is 12.2. The molecule has 0 bridgehead atoms. The van der Waals surface area contributed by atoms with Gasteiger partial charge in [-0.25, -0.2) is 4.79 Å². The van der Waals surface area contributed by atoms with Crippen LogP contribution in [0.4, 0.5) is 4.79 Å². The van der Waals surface area contributed by atoms with E-state index in [0.29, 0.717) is 13.2 Å². The molecule has 0 fully saturated rings. The highest BCUT2D eigenvalue weighted by atomic mass is 16.5. The molecule has 1 aliphatic carbocycles. The predicted molar refractivity (Wildman–Crippen MR) is 109 cm³/mol. The zero-order valence-electron chi connectivity index (χ0n) is 16.8. The number of fused-ring (bicyclic) bond motifs is 3. The van der Waals surface area contributed by atoms with Crippen LogP contribution >= 0.6 is 0 Å². The molecule has 0 unspecified atom stereocenters. The van der Waals surface area contributed by atoms with Gasteiger partial charge in [0.1, 0.15) is 6.61 Å². The molecule has 1 aliphatic rings. The van der Waals surface area contributed by atoms with Crippen LogP contribution in [0.5, 0.6) is 0 Å². The van der Waals surface area contributed by atoms with Gasteiger partial charge in [0.05, 0.1) is 12.2 Å². The summed E-state index contributed by atoms with van der Waals surface area (Å²) in [6.07, 6.45) is -0.476. The van der Waals surface area contributed by atoms with Gasteiger partial charge in [0, 0.05) is 25.0 Å². The van der Waals surface area contributed by atoms with Gasteiger partial charge in [0.2, 0.25) is 0 Å². The Morgan fingerprint density at radius 1 is 1.07 bits per heavy atom. The number of carbonyl (C=O) groups excluding carboxylic acids is 1. The monoisotopic (exact) mass is 383 g/mol. The summed E-state index contributed by atoms with van der Waals surface area (Å²) in [6.45, 7) is 6.79. The number of aliphatic hydroxyl groups excluding tert-OH is 1. The highest BCUT2D eigenvalue weighted by molar-refractivity contribution is 5.79. The van der Waals surface area contributed by atoms with Gasteiger partial charge >= 0.3 is 6.09 Å². The number of hydrogen-bond donors (Lipinski definition) is 2. The van der Waals surface area contributed by atoms with Crippen molar-refractivity contribution < 1.29 is 19.4 Å². The number of nitrogens with one attached hydrogen (secondary N) is 1. The largest absolute Gasteiger partial charge is 0.449 e. The quantitative estimate of drug-likeness (QED) is 0.760. The zero-order chi connectivity index (χ0) is 20.1. The molecule has 0 heterocycles. The van der Waals surface area contributed by atoms with E-state index in [-0.39, 0.29) is 30.7 Å². The average molecular weight is 383 g/mol. The summed E-state index contributed by atoms with van der Waals surface area (Å²) in [6, 6.07) is 16.5. The van der Waals surface area contributed by atoms with Crippen molar-refractivity contribution in [3.8, 4) is 11.1 Å². The molecule has 3 rings (SSSR count). The molecule has 0 aromatic heterocycles. The lowest BCUT2D eigenvalue weighted by atomic mass is 9.98. The number of aliphatic hydroxyl groups is 1. The SMILES string of the molecule is CC(C)(C)OC[C@@H](CO)CNC(=O)OCC1c2ccccc2-c2ccccc21. The lowest BCUT2D eigenvalue weighted by Crippen LogP contribution is -2.35. The third-order valence-corrected chi connectivity index (χ3v) is 4.89. The maximum absolute atomic E-state index is 12.2.